The first-order valence-electron chi connectivity index (χ1n) is 5.91. The van der Waals surface area contributed by atoms with Gasteiger partial charge in [-0.15, -0.1) is 0 Å². The van der Waals surface area contributed by atoms with Gasteiger partial charge in [0.05, 0.1) is 6.61 Å². The van der Waals surface area contributed by atoms with Crippen LogP contribution < -0.4 is 5.32 Å². The molecule has 18 heavy (non-hydrogen) atoms. The van der Waals surface area contributed by atoms with Gasteiger partial charge in [-0.25, -0.2) is 4.39 Å². The third-order valence-electron chi connectivity index (χ3n) is 2.93. The first-order valence-corrected chi connectivity index (χ1v) is 5.91. The standard InChI is InChI=1S/C15H16FNO/c1-11(12-6-8-14(16)9-7-12)17-15-5-3-2-4-13(15)10-18/h2-9,11,17-18H,10H2,1H3. The predicted molar refractivity (Wildman–Crippen MR) is 70.8 cm³/mol. The van der Waals surface area contributed by atoms with Crippen LogP contribution in [0.3, 0.4) is 0 Å². The number of para-hydroxylation sites is 1. The van der Waals surface area contributed by atoms with E-state index in [0.29, 0.717) is 0 Å². The number of hydrogen-bond donors (Lipinski definition) is 2. The Kier molecular flexibility index (Phi) is 3.95. The second-order valence-corrected chi connectivity index (χ2v) is 4.23. The first kappa shape index (κ1) is 12.6. The molecule has 2 aromatic carbocycles. The highest BCUT2D eigenvalue weighted by Gasteiger charge is 2.07. The summed E-state index contributed by atoms with van der Waals surface area (Å²) in [5.41, 5.74) is 2.76. The van der Waals surface area contributed by atoms with Gasteiger partial charge in [0.25, 0.3) is 0 Å². The number of rotatable bonds is 4. The Morgan fingerprint density at radius 2 is 1.78 bits per heavy atom. The lowest BCUT2D eigenvalue weighted by Gasteiger charge is -2.17. The molecule has 2 N–H and O–H groups in total. The predicted octanol–water partition coefficient (Wildman–Crippen LogP) is 3.49. The van der Waals surface area contributed by atoms with Crippen LogP contribution in [0, 0.1) is 5.82 Å². The Labute approximate surface area is 106 Å². The largest absolute Gasteiger partial charge is 0.392 e. The number of nitrogens with one attached hydrogen (secondary N) is 1. The van der Waals surface area contributed by atoms with E-state index in [-0.39, 0.29) is 18.5 Å². The summed E-state index contributed by atoms with van der Waals surface area (Å²) in [6.45, 7) is 2.00. The number of anilines is 1. The van der Waals surface area contributed by atoms with Crippen LogP contribution in [0.4, 0.5) is 10.1 Å². The summed E-state index contributed by atoms with van der Waals surface area (Å²) in [5, 5.41) is 12.6. The molecule has 0 aliphatic heterocycles. The maximum atomic E-state index is 12.8. The lowest BCUT2D eigenvalue weighted by atomic mass is 10.1. The molecule has 0 bridgehead atoms. The van der Waals surface area contributed by atoms with Crippen LogP contribution >= 0.6 is 0 Å². The summed E-state index contributed by atoms with van der Waals surface area (Å²) in [5.74, 6) is -0.235. The van der Waals surface area contributed by atoms with Crippen LogP contribution in [0.2, 0.25) is 0 Å². The Balaban J connectivity index is 2.15. The average Bonchev–Trinajstić information content (AvgIpc) is 2.40. The molecule has 0 heterocycles. The zero-order valence-electron chi connectivity index (χ0n) is 10.2. The van der Waals surface area contributed by atoms with Crippen LogP contribution in [-0.2, 0) is 6.61 Å². The molecule has 2 nitrogen and oxygen atoms in total. The zero-order chi connectivity index (χ0) is 13.0. The Hall–Kier alpha value is -1.87. The van der Waals surface area contributed by atoms with Gasteiger partial charge in [0.15, 0.2) is 0 Å². The van der Waals surface area contributed by atoms with Gasteiger partial charge >= 0.3 is 0 Å². The van der Waals surface area contributed by atoms with Crippen LogP contribution in [-0.4, -0.2) is 5.11 Å². The minimum absolute atomic E-state index is 0.000683. The van der Waals surface area contributed by atoms with E-state index in [1.54, 1.807) is 12.1 Å². The number of benzene rings is 2. The van der Waals surface area contributed by atoms with E-state index >= 15 is 0 Å². The van der Waals surface area contributed by atoms with Gasteiger partial charge in [-0.1, -0.05) is 30.3 Å². The quantitative estimate of drug-likeness (QED) is 0.864. The normalized spacial score (nSPS) is 12.2. The fraction of sp³-hybridized carbons (Fsp3) is 0.200. The van der Waals surface area contributed by atoms with Crippen molar-refractivity contribution in [3.8, 4) is 0 Å². The molecule has 0 aliphatic carbocycles. The van der Waals surface area contributed by atoms with Crippen molar-refractivity contribution >= 4 is 5.69 Å². The second-order valence-electron chi connectivity index (χ2n) is 4.23. The van der Waals surface area contributed by atoms with Crippen molar-refractivity contribution < 1.29 is 9.50 Å². The Morgan fingerprint density at radius 3 is 2.44 bits per heavy atom. The smallest absolute Gasteiger partial charge is 0.123 e. The molecule has 2 rings (SSSR count). The maximum absolute atomic E-state index is 12.8. The maximum Gasteiger partial charge on any atom is 0.123 e. The van der Waals surface area contributed by atoms with E-state index in [4.69, 9.17) is 0 Å². The fourth-order valence-electron chi connectivity index (χ4n) is 1.87. The molecular weight excluding hydrogens is 229 g/mol. The van der Waals surface area contributed by atoms with Crippen molar-refractivity contribution in [3.63, 3.8) is 0 Å². The summed E-state index contributed by atoms with van der Waals surface area (Å²) in [7, 11) is 0. The Morgan fingerprint density at radius 1 is 1.11 bits per heavy atom. The molecular formula is C15H16FNO. The van der Waals surface area contributed by atoms with Crippen LogP contribution in [0.25, 0.3) is 0 Å². The lowest BCUT2D eigenvalue weighted by molar-refractivity contribution is 0.282. The molecule has 0 amide bonds. The van der Waals surface area contributed by atoms with Gasteiger partial charge < -0.3 is 10.4 Å². The van der Waals surface area contributed by atoms with Crippen molar-refractivity contribution in [2.75, 3.05) is 5.32 Å². The van der Waals surface area contributed by atoms with E-state index in [9.17, 15) is 9.50 Å². The second kappa shape index (κ2) is 5.65. The molecule has 0 spiro atoms. The fourth-order valence-corrected chi connectivity index (χ4v) is 1.87. The van der Waals surface area contributed by atoms with Crippen molar-refractivity contribution in [3.05, 3.63) is 65.5 Å². The average molecular weight is 245 g/mol. The SMILES string of the molecule is CC(Nc1ccccc1CO)c1ccc(F)cc1. The van der Waals surface area contributed by atoms with Gasteiger partial charge in [-0.05, 0) is 30.7 Å². The molecule has 0 saturated heterocycles. The highest BCUT2D eigenvalue weighted by Crippen LogP contribution is 2.22. The van der Waals surface area contributed by atoms with Crippen molar-refractivity contribution in [1.29, 1.82) is 0 Å². The van der Waals surface area contributed by atoms with Crippen LogP contribution in [0.5, 0.6) is 0 Å². The number of halogens is 1. The number of hydrogen-bond acceptors (Lipinski definition) is 2. The highest BCUT2D eigenvalue weighted by molar-refractivity contribution is 5.52. The summed E-state index contributed by atoms with van der Waals surface area (Å²) in [6.07, 6.45) is 0. The third-order valence-corrected chi connectivity index (χ3v) is 2.93. The van der Waals surface area contributed by atoms with Crippen LogP contribution in [0.1, 0.15) is 24.1 Å². The summed E-state index contributed by atoms with van der Waals surface area (Å²) in [4.78, 5) is 0. The monoisotopic (exact) mass is 245 g/mol. The lowest BCUT2D eigenvalue weighted by Crippen LogP contribution is -2.08. The molecule has 1 unspecified atom stereocenters. The Bertz CT molecular complexity index is 510. The van der Waals surface area contributed by atoms with Gasteiger partial charge in [-0.3, -0.25) is 0 Å². The molecule has 0 aromatic heterocycles. The molecule has 0 radical (unpaired) electrons. The number of aliphatic hydroxyl groups excluding tert-OH is 1. The van der Waals surface area contributed by atoms with Gasteiger partial charge in [0.1, 0.15) is 5.82 Å². The number of aliphatic hydroxyl groups is 1. The van der Waals surface area contributed by atoms with Crippen LogP contribution in [0.15, 0.2) is 48.5 Å². The summed E-state index contributed by atoms with van der Waals surface area (Å²) >= 11 is 0. The van der Waals surface area contributed by atoms with E-state index in [1.807, 2.05) is 31.2 Å². The van der Waals surface area contributed by atoms with Crippen molar-refractivity contribution in [1.82, 2.24) is 0 Å². The van der Waals surface area contributed by atoms with Crippen molar-refractivity contribution in [2.45, 2.75) is 19.6 Å². The zero-order valence-corrected chi connectivity index (χ0v) is 10.2. The molecule has 1 atom stereocenters. The minimum Gasteiger partial charge on any atom is -0.392 e. The van der Waals surface area contributed by atoms with Crippen molar-refractivity contribution in [2.24, 2.45) is 0 Å². The summed E-state index contributed by atoms with van der Waals surface area (Å²) in [6, 6.07) is 14.1. The van der Waals surface area contributed by atoms with Gasteiger partial charge in [0.2, 0.25) is 0 Å². The molecule has 0 aliphatic rings. The molecule has 2 aromatic rings. The molecule has 94 valence electrons. The van der Waals surface area contributed by atoms with E-state index in [0.717, 1.165) is 16.8 Å². The molecule has 0 saturated carbocycles. The third kappa shape index (κ3) is 2.87. The molecule has 3 heteroatoms. The molecule has 0 fully saturated rings. The van der Waals surface area contributed by atoms with E-state index in [2.05, 4.69) is 5.32 Å². The first-order chi connectivity index (χ1) is 8.70. The van der Waals surface area contributed by atoms with Gasteiger partial charge in [-0.2, -0.15) is 0 Å². The highest BCUT2D eigenvalue weighted by atomic mass is 19.1. The van der Waals surface area contributed by atoms with Gasteiger partial charge in [0, 0.05) is 17.3 Å². The van der Waals surface area contributed by atoms with E-state index in [1.165, 1.54) is 12.1 Å². The summed E-state index contributed by atoms with van der Waals surface area (Å²) < 4.78 is 12.8. The van der Waals surface area contributed by atoms with E-state index < -0.39 is 0 Å². The topological polar surface area (TPSA) is 32.3 Å². The minimum atomic E-state index is -0.235.